The van der Waals surface area contributed by atoms with Crippen molar-refractivity contribution in [3.05, 3.63) is 91.0 Å². The van der Waals surface area contributed by atoms with Crippen molar-refractivity contribution in [1.29, 1.82) is 0 Å². The fourth-order valence-corrected chi connectivity index (χ4v) is 5.03. The fraction of sp³-hybridized carbons (Fsp3) is 0.250. The van der Waals surface area contributed by atoms with Crippen LogP contribution < -0.4 is 14.2 Å². The second-order valence-corrected chi connectivity index (χ2v) is 9.69. The zero-order valence-electron chi connectivity index (χ0n) is 17.3. The molecular weight excluding hydrogens is 506 g/mol. The van der Waals surface area contributed by atoms with Crippen LogP contribution in [0.25, 0.3) is 0 Å². The number of hydrogen-bond donors (Lipinski definition) is 0. The van der Waals surface area contributed by atoms with Crippen LogP contribution in [-0.4, -0.2) is 61.1 Å². The third-order valence-electron chi connectivity index (χ3n) is 3.88. The van der Waals surface area contributed by atoms with Crippen molar-refractivity contribution in [2.24, 2.45) is 0 Å². The van der Waals surface area contributed by atoms with Gasteiger partial charge in [-0.05, 0) is 0 Å². The third-order valence-corrected chi connectivity index (χ3v) is 7.24. The number of rotatable bonds is 15. The van der Waals surface area contributed by atoms with E-state index >= 15 is 0 Å². The molecule has 6 nitrogen and oxygen atoms in total. The Morgan fingerprint density at radius 2 is 0.677 bits per heavy atom. The monoisotopic (exact) mass is 532 g/mol. The van der Waals surface area contributed by atoms with E-state index < -0.39 is 21.5 Å². The molecule has 7 heteroatoms. The molecule has 0 unspecified atom stereocenters. The Morgan fingerprint density at radius 1 is 0.387 bits per heavy atom. The summed E-state index contributed by atoms with van der Waals surface area (Å²) >= 11 is -2.84. The van der Waals surface area contributed by atoms with E-state index in [1.54, 1.807) is 0 Å². The van der Waals surface area contributed by atoms with Gasteiger partial charge in [0.25, 0.3) is 0 Å². The zero-order chi connectivity index (χ0) is 21.4. The average molecular weight is 533 g/mol. The Labute approximate surface area is 192 Å². The van der Waals surface area contributed by atoms with E-state index in [4.69, 9.17) is 23.3 Å². The van der Waals surface area contributed by atoms with Gasteiger partial charge >= 0.3 is 193 Å². The van der Waals surface area contributed by atoms with Gasteiger partial charge in [-0.2, -0.15) is 0 Å². The molecular formula is C24H27O6Sb. The second kappa shape index (κ2) is 14.7. The molecule has 0 fully saturated rings. The first kappa shape index (κ1) is 23.4. The van der Waals surface area contributed by atoms with Crippen molar-refractivity contribution in [1.82, 2.24) is 0 Å². The molecule has 0 aliphatic carbocycles. The first-order chi connectivity index (χ1) is 15.4. The molecule has 0 spiro atoms. The topological polar surface area (TPSA) is 55.4 Å². The van der Waals surface area contributed by atoms with Crippen molar-refractivity contribution < 1.29 is 23.3 Å². The van der Waals surface area contributed by atoms with Crippen LogP contribution in [0.5, 0.6) is 17.2 Å². The summed E-state index contributed by atoms with van der Waals surface area (Å²) in [5.41, 5.74) is 0. The molecule has 164 valence electrons. The van der Waals surface area contributed by atoms with Gasteiger partial charge in [0.15, 0.2) is 0 Å². The van der Waals surface area contributed by atoms with Gasteiger partial charge in [-0.1, -0.05) is 0 Å². The predicted molar refractivity (Wildman–Crippen MR) is 119 cm³/mol. The van der Waals surface area contributed by atoms with Gasteiger partial charge in [0.05, 0.1) is 0 Å². The van der Waals surface area contributed by atoms with Crippen LogP contribution in [0.1, 0.15) is 0 Å². The van der Waals surface area contributed by atoms with Crippen LogP contribution in [-0.2, 0) is 9.05 Å². The molecule has 0 aliphatic heterocycles. The quantitative estimate of drug-likeness (QED) is 0.215. The molecule has 3 aromatic rings. The van der Waals surface area contributed by atoms with Gasteiger partial charge in [-0.25, -0.2) is 0 Å². The molecule has 0 amide bonds. The summed E-state index contributed by atoms with van der Waals surface area (Å²) in [6.45, 7) is 2.49. The summed E-state index contributed by atoms with van der Waals surface area (Å²) in [6.07, 6.45) is 0. The molecule has 0 radical (unpaired) electrons. The van der Waals surface area contributed by atoms with E-state index in [0.717, 1.165) is 17.2 Å². The Bertz CT molecular complexity index is 706. The standard InChI is InChI=1S/3C8H9O2.Sb/c3*9-6-7-10-8-4-2-1-3-5-8;/h3*1-5H,6-7H2;/q3*-1;+3. The van der Waals surface area contributed by atoms with E-state index in [-0.39, 0.29) is 0 Å². The van der Waals surface area contributed by atoms with Crippen molar-refractivity contribution in [2.45, 2.75) is 0 Å². The van der Waals surface area contributed by atoms with Crippen molar-refractivity contribution in [2.75, 3.05) is 39.6 Å². The van der Waals surface area contributed by atoms with Crippen molar-refractivity contribution in [3.8, 4) is 17.2 Å². The Hall–Kier alpha value is -2.24. The van der Waals surface area contributed by atoms with E-state index in [2.05, 4.69) is 0 Å². The van der Waals surface area contributed by atoms with Crippen molar-refractivity contribution >= 4 is 21.5 Å². The van der Waals surface area contributed by atoms with Crippen LogP contribution >= 0.6 is 0 Å². The van der Waals surface area contributed by atoms with Crippen LogP contribution in [0, 0.1) is 0 Å². The van der Waals surface area contributed by atoms with Gasteiger partial charge in [0.1, 0.15) is 0 Å². The summed E-state index contributed by atoms with van der Waals surface area (Å²) in [5, 5.41) is 0. The van der Waals surface area contributed by atoms with Crippen molar-refractivity contribution in [3.63, 3.8) is 0 Å². The molecule has 0 heterocycles. The van der Waals surface area contributed by atoms with Crippen LogP contribution in [0.2, 0.25) is 0 Å². The summed E-state index contributed by atoms with van der Waals surface area (Å²) in [4.78, 5) is 0. The minimum absolute atomic E-state index is 0.400. The maximum atomic E-state index is 5.87. The second-order valence-electron chi connectivity index (χ2n) is 6.21. The zero-order valence-corrected chi connectivity index (χ0v) is 19.9. The maximum absolute atomic E-state index is 5.87. The number of benzene rings is 3. The molecule has 0 bridgehead atoms. The number of para-hydroxylation sites is 3. The Morgan fingerprint density at radius 3 is 0.968 bits per heavy atom. The van der Waals surface area contributed by atoms with Crippen LogP contribution in [0.15, 0.2) is 91.0 Å². The minimum atomic E-state index is -2.84. The molecule has 31 heavy (non-hydrogen) atoms. The average Bonchev–Trinajstić information content (AvgIpc) is 2.83. The molecule has 0 aromatic heterocycles. The van der Waals surface area contributed by atoms with Gasteiger partial charge in [-0.3, -0.25) is 0 Å². The van der Waals surface area contributed by atoms with E-state index in [1.165, 1.54) is 0 Å². The molecule has 3 aromatic carbocycles. The Balaban J connectivity index is 1.36. The molecule has 0 saturated carbocycles. The summed E-state index contributed by atoms with van der Waals surface area (Å²) < 4.78 is 34.6. The van der Waals surface area contributed by atoms with E-state index in [9.17, 15) is 0 Å². The number of ether oxygens (including phenoxy) is 3. The van der Waals surface area contributed by atoms with Gasteiger partial charge in [0.2, 0.25) is 0 Å². The van der Waals surface area contributed by atoms with Gasteiger partial charge in [0, 0.05) is 0 Å². The fourth-order valence-electron chi connectivity index (χ4n) is 2.48. The molecule has 0 saturated heterocycles. The van der Waals surface area contributed by atoms with Gasteiger partial charge in [-0.15, -0.1) is 0 Å². The normalized spacial score (nSPS) is 10.7. The molecule has 3 rings (SSSR count). The summed E-state index contributed by atoms with van der Waals surface area (Å²) in [6, 6.07) is 28.9. The summed E-state index contributed by atoms with van der Waals surface area (Å²) in [7, 11) is 0. The van der Waals surface area contributed by atoms with E-state index in [1.807, 2.05) is 91.0 Å². The predicted octanol–water partition coefficient (Wildman–Crippen LogP) is 4.26. The van der Waals surface area contributed by atoms with Crippen LogP contribution in [0.3, 0.4) is 0 Å². The SMILES string of the molecule is c1ccc(OCC[O][Sb]([O]CCOc2ccccc2)[O]CCOc2ccccc2)cc1. The first-order valence-electron chi connectivity index (χ1n) is 10.1. The number of hydrogen-bond acceptors (Lipinski definition) is 6. The van der Waals surface area contributed by atoms with Gasteiger partial charge < -0.3 is 0 Å². The van der Waals surface area contributed by atoms with Crippen LogP contribution in [0.4, 0.5) is 0 Å². The molecule has 0 aliphatic rings. The summed E-state index contributed by atoms with van der Waals surface area (Å²) in [5.74, 6) is 2.43. The van der Waals surface area contributed by atoms with E-state index in [0.29, 0.717) is 39.6 Å². The molecule has 0 atom stereocenters. The Kier molecular flexibility index (Phi) is 11.1. The first-order valence-corrected chi connectivity index (χ1v) is 13.3. The molecule has 0 N–H and O–H groups in total. The third kappa shape index (κ3) is 10.1.